The number of nitrogens with one attached hydrogen (secondary N) is 2. The molecule has 2 aromatic heterocycles. The second kappa shape index (κ2) is 18.3. The van der Waals surface area contributed by atoms with E-state index < -0.39 is 0 Å². The van der Waals surface area contributed by atoms with E-state index in [4.69, 9.17) is 14.7 Å². The molecular formula is C40H45N5O4. The zero-order valence-electron chi connectivity index (χ0n) is 28.2. The second-order valence-corrected chi connectivity index (χ2v) is 12.8. The van der Waals surface area contributed by atoms with Gasteiger partial charge in [-0.15, -0.1) is 0 Å². The summed E-state index contributed by atoms with van der Waals surface area (Å²) in [6, 6.07) is 25.1. The van der Waals surface area contributed by atoms with Crippen LogP contribution in [0.1, 0.15) is 107 Å². The first-order valence-corrected chi connectivity index (χ1v) is 17.3. The van der Waals surface area contributed by atoms with Crippen LogP contribution in [0.2, 0.25) is 0 Å². The van der Waals surface area contributed by atoms with Crippen molar-refractivity contribution in [3.8, 4) is 17.8 Å². The number of nitrogens with zero attached hydrogens (tertiary/aromatic N) is 3. The smallest absolute Gasteiger partial charge is 0.253 e. The van der Waals surface area contributed by atoms with Crippen LogP contribution < -0.4 is 20.1 Å². The third kappa shape index (κ3) is 11.5. The van der Waals surface area contributed by atoms with E-state index in [-0.39, 0.29) is 17.9 Å². The minimum atomic E-state index is -0.0762. The Hall–Kier alpha value is -5.23. The lowest BCUT2D eigenvalue weighted by molar-refractivity contribution is 0.0918. The summed E-state index contributed by atoms with van der Waals surface area (Å²) in [6.45, 7) is 2.86. The highest BCUT2D eigenvalue weighted by Gasteiger charge is 2.18. The third-order valence-corrected chi connectivity index (χ3v) is 8.79. The van der Waals surface area contributed by atoms with Crippen LogP contribution in [0.25, 0.3) is 0 Å². The highest BCUT2D eigenvalue weighted by molar-refractivity contribution is 5.94. The first-order valence-electron chi connectivity index (χ1n) is 17.3. The molecule has 9 heteroatoms. The summed E-state index contributed by atoms with van der Waals surface area (Å²) in [7, 11) is 0. The predicted molar refractivity (Wildman–Crippen MR) is 188 cm³/mol. The van der Waals surface area contributed by atoms with Crippen molar-refractivity contribution in [2.24, 2.45) is 0 Å². The molecule has 0 spiro atoms. The molecule has 2 aliphatic carbocycles. The summed E-state index contributed by atoms with van der Waals surface area (Å²) in [6.07, 6.45) is 14.7. The maximum atomic E-state index is 12.3. The fraction of sp³-hybridized carbons (Fsp3) is 0.375. The number of carbonyl (C=O) groups excluding carboxylic acids is 2. The van der Waals surface area contributed by atoms with Gasteiger partial charge in [-0.3, -0.25) is 9.59 Å². The number of aryl methyl sites for hydroxylation is 1. The Bertz CT molecular complexity index is 1690. The fourth-order valence-electron chi connectivity index (χ4n) is 6.08. The summed E-state index contributed by atoms with van der Waals surface area (Å²) in [5, 5.41) is 15.1. The summed E-state index contributed by atoms with van der Waals surface area (Å²) >= 11 is 0. The largest absolute Gasteiger partial charge is 0.473 e. The third-order valence-electron chi connectivity index (χ3n) is 8.79. The number of ether oxygens (including phenoxy) is 2. The maximum absolute atomic E-state index is 12.3. The molecule has 0 saturated heterocycles. The average molecular weight is 660 g/mol. The van der Waals surface area contributed by atoms with Crippen LogP contribution >= 0.6 is 0 Å². The van der Waals surface area contributed by atoms with Gasteiger partial charge in [0.25, 0.3) is 11.8 Å². The van der Waals surface area contributed by atoms with E-state index in [1.165, 1.54) is 44.1 Å². The number of nitriles is 1. The molecule has 6 rings (SSSR count). The summed E-state index contributed by atoms with van der Waals surface area (Å²) in [5.41, 5.74) is 4.95. The first-order chi connectivity index (χ1) is 23.9. The molecule has 2 heterocycles. The zero-order valence-corrected chi connectivity index (χ0v) is 28.2. The van der Waals surface area contributed by atoms with E-state index in [0.717, 1.165) is 36.8 Å². The van der Waals surface area contributed by atoms with Gasteiger partial charge in [-0.25, -0.2) is 9.97 Å². The molecule has 2 amide bonds. The SMILES string of the molecule is Cc1cccc(COc2ccc(C(=O)NC3CCCCC3)cn2)c1.N#Cc1cccc(COc2ccc(C(=O)NC3CCCCC3)cn2)c1. The van der Waals surface area contributed by atoms with Crippen molar-refractivity contribution in [3.05, 3.63) is 119 Å². The number of hydrogen-bond donors (Lipinski definition) is 2. The Morgan fingerprint density at radius 3 is 1.63 bits per heavy atom. The topological polar surface area (TPSA) is 126 Å². The fourth-order valence-corrected chi connectivity index (χ4v) is 6.08. The predicted octanol–water partition coefficient (Wildman–Crippen LogP) is 7.63. The lowest BCUT2D eigenvalue weighted by Crippen LogP contribution is -2.36. The van der Waals surface area contributed by atoms with Crippen LogP contribution in [-0.4, -0.2) is 33.9 Å². The minimum Gasteiger partial charge on any atom is -0.473 e. The quantitative estimate of drug-likeness (QED) is 0.179. The van der Waals surface area contributed by atoms with E-state index in [1.54, 1.807) is 48.8 Å². The summed E-state index contributed by atoms with van der Waals surface area (Å²) in [4.78, 5) is 33.0. The molecule has 2 aliphatic rings. The van der Waals surface area contributed by atoms with Gasteiger partial charge in [0.1, 0.15) is 13.2 Å². The molecule has 2 N–H and O–H groups in total. The van der Waals surface area contributed by atoms with Gasteiger partial charge in [0, 0.05) is 36.6 Å². The first kappa shape index (κ1) is 35.1. The van der Waals surface area contributed by atoms with Gasteiger partial charge in [0.05, 0.1) is 22.8 Å². The lowest BCUT2D eigenvalue weighted by atomic mass is 9.95. The van der Waals surface area contributed by atoms with Gasteiger partial charge >= 0.3 is 0 Å². The summed E-state index contributed by atoms with van der Waals surface area (Å²) in [5.74, 6) is 0.870. The van der Waals surface area contributed by atoms with Gasteiger partial charge in [0.15, 0.2) is 0 Å². The Kier molecular flexibility index (Phi) is 13.1. The molecule has 4 aromatic rings. The normalized spacial score (nSPS) is 14.8. The van der Waals surface area contributed by atoms with E-state index in [1.807, 2.05) is 24.3 Å². The maximum Gasteiger partial charge on any atom is 0.253 e. The van der Waals surface area contributed by atoms with Crippen LogP contribution in [0.5, 0.6) is 11.8 Å². The van der Waals surface area contributed by atoms with Crippen molar-refractivity contribution in [2.45, 2.75) is 96.4 Å². The van der Waals surface area contributed by atoms with Gasteiger partial charge in [-0.2, -0.15) is 5.26 Å². The molecule has 9 nitrogen and oxygen atoms in total. The molecule has 49 heavy (non-hydrogen) atoms. The van der Waals surface area contributed by atoms with Crippen molar-refractivity contribution in [2.75, 3.05) is 0 Å². The molecule has 0 atom stereocenters. The van der Waals surface area contributed by atoms with Crippen molar-refractivity contribution in [1.29, 1.82) is 5.26 Å². The average Bonchev–Trinajstić information content (AvgIpc) is 3.15. The van der Waals surface area contributed by atoms with Crippen LogP contribution in [-0.2, 0) is 13.2 Å². The van der Waals surface area contributed by atoms with Crippen LogP contribution in [0.3, 0.4) is 0 Å². The molecule has 0 aliphatic heterocycles. The van der Waals surface area contributed by atoms with Crippen molar-refractivity contribution in [1.82, 2.24) is 20.6 Å². The van der Waals surface area contributed by atoms with Crippen molar-refractivity contribution < 1.29 is 19.1 Å². The van der Waals surface area contributed by atoms with Crippen LogP contribution in [0.15, 0.2) is 85.2 Å². The van der Waals surface area contributed by atoms with Gasteiger partial charge < -0.3 is 20.1 Å². The number of pyridine rings is 2. The second-order valence-electron chi connectivity index (χ2n) is 12.8. The lowest BCUT2D eigenvalue weighted by Gasteiger charge is -2.22. The molecule has 2 aromatic carbocycles. The Morgan fingerprint density at radius 2 is 1.18 bits per heavy atom. The molecule has 254 valence electrons. The number of benzene rings is 2. The van der Waals surface area contributed by atoms with E-state index in [0.29, 0.717) is 47.7 Å². The van der Waals surface area contributed by atoms with Gasteiger partial charge in [-0.05, 0) is 68.0 Å². The van der Waals surface area contributed by atoms with E-state index in [2.05, 4.69) is 45.7 Å². The number of carbonyl (C=O) groups is 2. The number of aromatic nitrogens is 2. The van der Waals surface area contributed by atoms with Crippen LogP contribution in [0, 0.1) is 18.3 Å². The Labute approximate surface area is 289 Å². The molecule has 2 fully saturated rings. The van der Waals surface area contributed by atoms with E-state index >= 15 is 0 Å². The van der Waals surface area contributed by atoms with E-state index in [9.17, 15) is 9.59 Å². The molecule has 0 radical (unpaired) electrons. The molecule has 0 unspecified atom stereocenters. The Morgan fingerprint density at radius 1 is 0.694 bits per heavy atom. The Balaban J connectivity index is 0.000000191. The summed E-state index contributed by atoms with van der Waals surface area (Å²) < 4.78 is 11.3. The van der Waals surface area contributed by atoms with Crippen molar-refractivity contribution >= 4 is 11.8 Å². The van der Waals surface area contributed by atoms with Crippen LogP contribution in [0.4, 0.5) is 0 Å². The number of amides is 2. The van der Waals surface area contributed by atoms with Gasteiger partial charge in [0.2, 0.25) is 11.8 Å². The highest BCUT2D eigenvalue weighted by Crippen LogP contribution is 2.20. The molecular weight excluding hydrogens is 614 g/mol. The zero-order chi connectivity index (χ0) is 34.3. The standard InChI is InChI=1S/C20H21N3O2.C20H24N2O2/c21-12-15-5-4-6-16(11-15)14-25-19-10-9-17(13-22-19)20(24)23-18-7-2-1-3-8-18;1-15-6-5-7-16(12-15)14-24-19-11-10-17(13-21-19)20(23)22-18-8-3-2-4-9-18/h4-6,9-11,13,18H,1-3,7-8,14H2,(H,23,24);5-7,10-13,18H,2-4,8-9,14H2,1H3,(H,22,23). The number of rotatable bonds is 10. The monoisotopic (exact) mass is 659 g/mol. The highest BCUT2D eigenvalue weighted by atomic mass is 16.5. The minimum absolute atomic E-state index is 0.0420. The molecule has 2 saturated carbocycles. The van der Waals surface area contributed by atoms with Crippen molar-refractivity contribution in [3.63, 3.8) is 0 Å². The molecule has 0 bridgehead atoms. The van der Waals surface area contributed by atoms with Gasteiger partial charge in [-0.1, -0.05) is 80.5 Å². The number of hydrogen-bond acceptors (Lipinski definition) is 7.